The summed E-state index contributed by atoms with van der Waals surface area (Å²) in [6.07, 6.45) is 1.64. The predicted octanol–water partition coefficient (Wildman–Crippen LogP) is 2.73. The molecule has 5 heteroatoms. The lowest BCUT2D eigenvalue weighted by Gasteiger charge is -2.08. The van der Waals surface area contributed by atoms with Gasteiger partial charge in [-0.05, 0) is 24.6 Å². The van der Waals surface area contributed by atoms with Crippen molar-refractivity contribution in [3.05, 3.63) is 29.6 Å². The summed E-state index contributed by atoms with van der Waals surface area (Å²) in [7, 11) is 1.69. The van der Waals surface area contributed by atoms with E-state index in [1.165, 1.54) is 0 Å². The van der Waals surface area contributed by atoms with Gasteiger partial charge in [-0.1, -0.05) is 0 Å². The summed E-state index contributed by atoms with van der Waals surface area (Å²) in [5, 5.41) is 8.99. The normalized spacial score (nSPS) is 10.8. The minimum atomic E-state index is 0.540. The first-order valence-electron chi connectivity index (χ1n) is 6.24. The van der Waals surface area contributed by atoms with Crippen LogP contribution in [0.3, 0.4) is 0 Å². The number of hydrogen-bond acceptors (Lipinski definition) is 3. The highest BCUT2D eigenvalue weighted by Crippen LogP contribution is 2.19. The summed E-state index contributed by atoms with van der Waals surface area (Å²) in [5.74, 6) is 1.51. The van der Waals surface area contributed by atoms with Crippen molar-refractivity contribution >= 4 is 22.6 Å². The molecule has 100 valence electrons. The second kappa shape index (κ2) is 6.55. The summed E-state index contributed by atoms with van der Waals surface area (Å²) >= 11 is 5.83. The van der Waals surface area contributed by atoms with Gasteiger partial charge in [-0.25, -0.2) is 4.98 Å². The fraction of sp³-hybridized carbons (Fsp3) is 0.429. The molecule has 4 nitrogen and oxygen atoms in total. The Morgan fingerprint density at radius 3 is 3.00 bits per heavy atom. The fourth-order valence-corrected chi connectivity index (χ4v) is 2.30. The van der Waals surface area contributed by atoms with Crippen molar-refractivity contribution in [2.45, 2.75) is 19.4 Å². The quantitative estimate of drug-likeness (QED) is 0.603. The molecule has 19 heavy (non-hydrogen) atoms. The van der Waals surface area contributed by atoms with E-state index in [0.29, 0.717) is 18.1 Å². The molecule has 2 rings (SSSR count). The number of benzene rings is 1. The van der Waals surface area contributed by atoms with E-state index < -0.39 is 0 Å². The van der Waals surface area contributed by atoms with Crippen molar-refractivity contribution in [3.8, 4) is 6.07 Å². The van der Waals surface area contributed by atoms with Crippen LogP contribution in [0.5, 0.6) is 0 Å². The largest absolute Gasteiger partial charge is 0.385 e. The molecule has 1 aromatic heterocycles. The van der Waals surface area contributed by atoms with Gasteiger partial charge in [0, 0.05) is 32.6 Å². The Hall–Kier alpha value is -1.57. The molecular formula is C14H16ClN3O. The third-order valence-electron chi connectivity index (χ3n) is 3.00. The van der Waals surface area contributed by atoms with Crippen molar-refractivity contribution in [1.29, 1.82) is 5.26 Å². The molecule has 2 aromatic rings. The maximum atomic E-state index is 8.99. The number of fused-ring (bicyclic) bond motifs is 1. The first-order chi connectivity index (χ1) is 9.30. The zero-order valence-electron chi connectivity index (χ0n) is 10.9. The molecule has 0 aliphatic heterocycles. The van der Waals surface area contributed by atoms with Crippen LogP contribution in [0.1, 0.15) is 17.8 Å². The number of nitriles is 1. The van der Waals surface area contributed by atoms with Gasteiger partial charge in [0.2, 0.25) is 0 Å². The molecule has 0 bridgehead atoms. The van der Waals surface area contributed by atoms with E-state index in [1.807, 2.05) is 12.1 Å². The number of imidazole rings is 1. The van der Waals surface area contributed by atoms with Crippen molar-refractivity contribution in [2.75, 3.05) is 19.6 Å². The Kier molecular flexibility index (Phi) is 4.78. The van der Waals surface area contributed by atoms with Crippen LogP contribution >= 0.6 is 11.6 Å². The molecule has 0 fully saturated rings. The molecule has 0 aliphatic rings. The molecular weight excluding hydrogens is 262 g/mol. The number of aryl methyl sites for hydroxylation is 2. The maximum Gasteiger partial charge on any atom is 0.111 e. The van der Waals surface area contributed by atoms with Gasteiger partial charge in [0.1, 0.15) is 5.82 Å². The Balaban J connectivity index is 2.41. The summed E-state index contributed by atoms with van der Waals surface area (Å²) < 4.78 is 7.22. The van der Waals surface area contributed by atoms with Gasteiger partial charge in [-0.2, -0.15) is 5.26 Å². The van der Waals surface area contributed by atoms with E-state index in [9.17, 15) is 0 Å². The number of aromatic nitrogens is 2. The highest BCUT2D eigenvalue weighted by molar-refractivity contribution is 6.17. The van der Waals surface area contributed by atoms with E-state index in [2.05, 4.69) is 15.6 Å². The van der Waals surface area contributed by atoms with Gasteiger partial charge in [-0.15, -0.1) is 11.6 Å². The predicted molar refractivity (Wildman–Crippen MR) is 75.4 cm³/mol. The molecule has 0 spiro atoms. The Morgan fingerprint density at radius 1 is 1.47 bits per heavy atom. The third kappa shape index (κ3) is 3.06. The number of rotatable bonds is 6. The zero-order chi connectivity index (χ0) is 13.7. The third-order valence-corrected chi connectivity index (χ3v) is 3.19. The van der Waals surface area contributed by atoms with Crippen LogP contribution in [0.4, 0.5) is 0 Å². The minimum Gasteiger partial charge on any atom is -0.385 e. The molecule has 0 amide bonds. The summed E-state index contributed by atoms with van der Waals surface area (Å²) in [6, 6.07) is 7.72. The SMILES string of the molecule is COCCCn1c(CCCl)nc2ccc(C#N)cc21. The molecule has 1 heterocycles. The highest BCUT2D eigenvalue weighted by atomic mass is 35.5. The first kappa shape index (κ1) is 13.9. The number of methoxy groups -OCH3 is 1. The molecule has 0 N–H and O–H groups in total. The van der Waals surface area contributed by atoms with Crippen LogP contribution in [0.25, 0.3) is 11.0 Å². The summed E-state index contributed by atoms with van der Waals surface area (Å²) in [4.78, 5) is 4.58. The van der Waals surface area contributed by atoms with Crippen molar-refractivity contribution < 1.29 is 4.74 Å². The van der Waals surface area contributed by atoms with Gasteiger partial charge in [0.25, 0.3) is 0 Å². The summed E-state index contributed by atoms with van der Waals surface area (Å²) in [5.41, 5.74) is 2.56. The number of nitrogens with zero attached hydrogens (tertiary/aromatic N) is 3. The first-order valence-corrected chi connectivity index (χ1v) is 6.77. The summed E-state index contributed by atoms with van der Waals surface area (Å²) in [6.45, 7) is 1.53. The van der Waals surface area contributed by atoms with Crippen molar-refractivity contribution in [1.82, 2.24) is 9.55 Å². The van der Waals surface area contributed by atoms with Crippen LogP contribution in [0.2, 0.25) is 0 Å². The number of halogens is 1. The van der Waals surface area contributed by atoms with Crippen molar-refractivity contribution in [2.24, 2.45) is 0 Å². The minimum absolute atomic E-state index is 0.540. The van der Waals surface area contributed by atoms with E-state index in [-0.39, 0.29) is 0 Å². The lowest BCUT2D eigenvalue weighted by Crippen LogP contribution is -2.06. The lowest BCUT2D eigenvalue weighted by molar-refractivity contribution is 0.190. The Morgan fingerprint density at radius 2 is 2.32 bits per heavy atom. The van der Waals surface area contributed by atoms with Crippen LogP contribution in [-0.2, 0) is 17.7 Å². The van der Waals surface area contributed by atoms with Gasteiger partial charge < -0.3 is 9.30 Å². The maximum absolute atomic E-state index is 8.99. The molecule has 0 unspecified atom stereocenters. The molecule has 0 radical (unpaired) electrons. The lowest BCUT2D eigenvalue weighted by atomic mass is 10.2. The Labute approximate surface area is 117 Å². The second-order valence-corrected chi connectivity index (χ2v) is 4.66. The van der Waals surface area contributed by atoms with E-state index >= 15 is 0 Å². The van der Waals surface area contributed by atoms with E-state index in [1.54, 1.807) is 13.2 Å². The molecule has 0 aliphatic carbocycles. The van der Waals surface area contributed by atoms with Gasteiger partial charge in [0.05, 0.1) is 22.7 Å². The van der Waals surface area contributed by atoms with Gasteiger partial charge in [-0.3, -0.25) is 0 Å². The molecule has 0 saturated heterocycles. The van der Waals surface area contributed by atoms with Crippen LogP contribution in [0.15, 0.2) is 18.2 Å². The zero-order valence-corrected chi connectivity index (χ0v) is 11.7. The second-order valence-electron chi connectivity index (χ2n) is 4.28. The average Bonchev–Trinajstić information content (AvgIpc) is 2.77. The number of alkyl halides is 1. The van der Waals surface area contributed by atoms with Crippen molar-refractivity contribution in [3.63, 3.8) is 0 Å². The topological polar surface area (TPSA) is 50.8 Å². The monoisotopic (exact) mass is 277 g/mol. The molecule has 1 aromatic carbocycles. The van der Waals surface area contributed by atoms with E-state index in [4.69, 9.17) is 21.6 Å². The van der Waals surface area contributed by atoms with Gasteiger partial charge in [0.15, 0.2) is 0 Å². The molecule has 0 saturated carbocycles. The number of hydrogen-bond donors (Lipinski definition) is 0. The highest BCUT2D eigenvalue weighted by Gasteiger charge is 2.10. The molecule has 0 atom stereocenters. The van der Waals surface area contributed by atoms with E-state index in [0.717, 1.165) is 36.2 Å². The van der Waals surface area contributed by atoms with Crippen LogP contribution in [-0.4, -0.2) is 29.1 Å². The van der Waals surface area contributed by atoms with Crippen LogP contribution < -0.4 is 0 Å². The standard InChI is InChI=1S/C14H16ClN3O/c1-19-8-2-7-18-13-9-11(10-16)3-4-12(13)17-14(18)5-6-15/h3-4,9H,2,5-8H2,1H3. The average molecular weight is 278 g/mol. The van der Waals surface area contributed by atoms with Gasteiger partial charge >= 0.3 is 0 Å². The fourth-order valence-electron chi connectivity index (χ4n) is 2.13. The smallest absolute Gasteiger partial charge is 0.111 e. The van der Waals surface area contributed by atoms with Crippen LogP contribution in [0, 0.1) is 11.3 Å². The number of ether oxygens (including phenoxy) is 1. The Bertz CT molecular complexity index is 600.